The third kappa shape index (κ3) is 4.85. The molecule has 1 heterocycles. The van der Waals surface area contributed by atoms with E-state index in [1.807, 2.05) is 6.92 Å². The van der Waals surface area contributed by atoms with Crippen LogP contribution in [0.5, 0.6) is 5.75 Å². The van der Waals surface area contributed by atoms with Crippen LogP contribution in [0, 0.1) is 17.0 Å². The van der Waals surface area contributed by atoms with Gasteiger partial charge in [0.25, 0.3) is 0 Å². The van der Waals surface area contributed by atoms with Crippen LogP contribution in [0.15, 0.2) is 30.3 Å². The Morgan fingerprint density at radius 2 is 1.88 bits per heavy atom. The molecule has 32 heavy (non-hydrogen) atoms. The zero-order chi connectivity index (χ0) is 23.8. The molecule has 2 unspecified atom stereocenters. The van der Waals surface area contributed by atoms with Crippen LogP contribution in [-0.2, 0) is 11.2 Å². The number of fused-ring (bicyclic) bond motifs is 1. The first-order chi connectivity index (χ1) is 14.9. The number of aliphatic carboxylic acids is 1. The fourth-order valence-electron chi connectivity index (χ4n) is 4.21. The van der Waals surface area contributed by atoms with Crippen molar-refractivity contribution in [1.82, 2.24) is 4.90 Å². The van der Waals surface area contributed by atoms with E-state index in [9.17, 15) is 14.3 Å². The number of benzene rings is 2. The van der Waals surface area contributed by atoms with Gasteiger partial charge < -0.3 is 15.6 Å². The van der Waals surface area contributed by atoms with Gasteiger partial charge in [-0.2, -0.15) is 0 Å². The summed E-state index contributed by atoms with van der Waals surface area (Å²) in [4.78, 5) is 12.4. The molecule has 1 aliphatic heterocycles. The number of carboxylic acid groups (broad SMARTS) is 1. The fraction of sp³-hybridized carbons (Fsp3) is 0.333. The number of hydrogen-bond acceptors (Lipinski definition) is 4. The summed E-state index contributed by atoms with van der Waals surface area (Å²) in [6, 6.07) is 3.76. The van der Waals surface area contributed by atoms with Gasteiger partial charge >= 0.3 is 5.97 Å². The lowest BCUT2D eigenvalue weighted by Crippen LogP contribution is -2.48. The fourth-order valence-corrected chi connectivity index (χ4v) is 4.21. The maximum Gasteiger partial charge on any atom is 0.328 e. The molecule has 8 heteroatoms. The van der Waals surface area contributed by atoms with E-state index < -0.39 is 29.3 Å². The molecule has 0 radical (unpaired) electrons. The van der Waals surface area contributed by atoms with Crippen molar-refractivity contribution in [3.63, 3.8) is 0 Å². The summed E-state index contributed by atoms with van der Waals surface area (Å²) in [6.45, 7) is 4.50. The lowest BCUT2D eigenvalue weighted by molar-refractivity contribution is -0.131. The molecule has 0 saturated carbocycles. The second-order valence-electron chi connectivity index (χ2n) is 8.67. The van der Waals surface area contributed by atoms with Crippen molar-refractivity contribution in [2.24, 2.45) is 0 Å². The molecule has 0 bridgehead atoms. The minimum atomic E-state index is -1.65. The molecule has 0 amide bonds. The van der Waals surface area contributed by atoms with Crippen LogP contribution < -0.4 is 0 Å². The van der Waals surface area contributed by atoms with E-state index in [0.29, 0.717) is 17.5 Å². The number of nitrogens with zero attached hydrogens (tertiary/aromatic N) is 1. The first-order valence-corrected chi connectivity index (χ1v) is 10.1. The van der Waals surface area contributed by atoms with E-state index in [1.165, 1.54) is 26.0 Å². The number of nitrogens with one attached hydrogen (secondary N) is 1. The van der Waals surface area contributed by atoms with E-state index in [0.717, 1.165) is 30.5 Å². The third-order valence-corrected chi connectivity index (χ3v) is 5.50. The van der Waals surface area contributed by atoms with Crippen molar-refractivity contribution in [1.29, 1.82) is 5.41 Å². The Labute approximate surface area is 184 Å². The maximum atomic E-state index is 15.3. The van der Waals surface area contributed by atoms with E-state index >= 15 is 8.78 Å². The molecule has 3 N–H and O–H groups in total. The topological polar surface area (TPSA) is 84.6 Å². The van der Waals surface area contributed by atoms with Crippen LogP contribution in [0.25, 0.3) is 6.08 Å². The highest BCUT2D eigenvalue weighted by Gasteiger charge is 2.39. The molecule has 170 valence electrons. The first-order valence-electron chi connectivity index (χ1n) is 10.1. The smallest absolute Gasteiger partial charge is 0.328 e. The van der Waals surface area contributed by atoms with Crippen LogP contribution in [-0.4, -0.2) is 45.6 Å². The molecule has 2 aromatic carbocycles. The van der Waals surface area contributed by atoms with Crippen LogP contribution >= 0.6 is 0 Å². The molecule has 1 aliphatic rings. The van der Waals surface area contributed by atoms with Gasteiger partial charge in [-0.15, -0.1) is 0 Å². The molecule has 0 fully saturated rings. The van der Waals surface area contributed by atoms with Crippen molar-refractivity contribution < 1.29 is 28.2 Å². The zero-order valence-electron chi connectivity index (χ0n) is 18.0. The highest BCUT2D eigenvalue weighted by atomic mass is 19.1. The number of rotatable bonds is 6. The number of carboxylic acids is 1. The van der Waals surface area contributed by atoms with Gasteiger partial charge in [0.2, 0.25) is 0 Å². The van der Waals surface area contributed by atoms with E-state index in [4.69, 9.17) is 10.5 Å². The molecule has 0 saturated heterocycles. The molecule has 3 rings (SSSR count). The zero-order valence-corrected chi connectivity index (χ0v) is 18.0. The number of alkyl halides is 1. The van der Waals surface area contributed by atoms with Crippen molar-refractivity contribution in [3.8, 4) is 5.75 Å². The summed E-state index contributed by atoms with van der Waals surface area (Å²) >= 11 is 0. The Kier molecular flexibility index (Phi) is 6.46. The highest BCUT2D eigenvalue weighted by Crippen LogP contribution is 2.43. The van der Waals surface area contributed by atoms with Crippen LogP contribution in [0.4, 0.5) is 13.2 Å². The van der Waals surface area contributed by atoms with Crippen molar-refractivity contribution in [2.75, 3.05) is 6.54 Å². The van der Waals surface area contributed by atoms with Gasteiger partial charge in [-0.3, -0.25) is 4.90 Å². The number of hydrogen-bond donors (Lipinski definition) is 3. The SMILES string of the molecule is CC1Cc2cc(O)c(C=N)cc2C(c2c(F)cc(/C=C/C(=O)O)cc2F)N1CC(C)(C)F. The Morgan fingerprint density at radius 3 is 2.41 bits per heavy atom. The van der Waals surface area contributed by atoms with Gasteiger partial charge in [-0.1, -0.05) is 0 Å². The number of carbonyl (C=O) groups is 1. The summed E-state index contributed by atoms with van der Waals surface area (Å²) in [5.41, 5.74) is -0.579. The number of phenols is 1. The van der Waals surface area contributed by atoms with Crippen molar-refractivity contribution >= 4 is 18.3 Å². The minimum Gasteiger partial charge on any atom is -0.507 e. The molecule has 5 nitrogen and oxygen atoms in total. The van der Waals surface area contributed by atoms with Crippen molar-refractivity contribution in [3.05, 3.63) is 69.8 Å². The molecule has 2 atom stereocenters. The quantitative estimate of drug-likeness (QED) is 0.438. The molecular weight excluding hydrogens is 421 g/mol. The van der Waals surface area contributed by atoms with E-state index in [1.54, 1.807) is 4.90 Å². The summed E-state index contributed by atoms with van der Waals surface area (Å²) in [7, 11) is 0. The van der Waals surface area contributed by atoms with Gasteiger partial charge in [0.15, 0.2) is 0 Å². The minimum absolute atomic E-state index is 0.0403. The average Bonchev–Trinajstić information content (AvgIpc) is 2.66. The van der Waals surface area contributed by atoms with E-state index in [2.05, 4.69) is 0 Å². The Bertz CT molecular complexity index is 1070. The average molecular weight is 446 g/mol. The molecular formula is C24H25F3N2O3. The second-order valence-corrected chi connectivity index (χ2v) is 8.67. The second kappa shape index (κ2) is 8.78. The van der Waals surface area contributed by atoms with Gasteiger partial charge in [-0.25, -0.2) is 18.0 Å². The summed E-state index contributed by atoms with van der Waals surface area (Å²) in [5.74, 6) is -3.16. The number of aromatic hydroxyl groups is 1. The predicted octanol–water partition coefficient (Wildman–Crippen LogP) is 4.85. The Balaban J connectivity index is 2.24. The standard InChI is InChI=1S/C24H25F3N2O3/c1-13-6-15-10-20(30)16(11-28)9-17(15)23(29(13)12-24(2,3)27)22-18(25)7-14(8-19(22)26)4-5-21(31)32/h4-5,7-11,13,23,28,30H,6,12H2,1-3H3,(H,31,32)/b5-4+,28-11?. The van der Waals surface area contributed by atoms with Crippen LogP contribution in [0.2, 0.25) is 0 Å². The van der Waals surface area contributed by atoms with Crippen LogP contribution in [0.3, 0.4) is 0 Å². The van der Waals surface area contributed by atoms with Gasteiger partial charge in [0.1, 0.15) is 23.1 Å². The van der Waals surface area contributed by atoms with Gasteiger partial charge in [0, 0.05) is 36.0 Å². The molecule has 0 aromatic heterocycles. The van der Waals surface area contributed by atoms with Crippen LogP contribution in [0.1, 0.15) is 54.6 Å². The maximum absolute atomic E-state index is 15.3. The lowest BCUT2D eigenvalue weighted by Gasteiger charge is -2.44. The first kappa shape index (κ1) is 23.5. The van der Waals surface area contributed by atoms with Crippen molar-refractivity contribution in [2.45, 2.75) is 44.9 Å². The normalized spacial score (nSPS) is 19.2. The third-order valence-electron chi connectivity index (χ3n) is 5.50. The monoisotopic (exact) mass is 446 g/mol. The van der Waals surface area contributed by atoms with E-state index in [-0.39, 0.29) is 35.0 Å². The largest absolute Gasteiger partial charge is 0.507 e. The summed E-state index contributed by atoms with van der Waals surface area (Å²) in [5, 5.41) is 26.5. The van der Waals surface area contributed by atoms with Gasteiger partial charge in [0.05, 0.1) is 6.04 Å². The summed E-state index contributed by atoms with van der Waals surface area (Å²) < 4.78 is 45.2. The number of halogens is 3. The Morgan fingerprint density at radius 1 is 1.25 bits per heavy atom. The predicted molar refractivity (Wildman–Crippen MR) is 116 cm³/mol. The highest BCUT2D eigenvalue weighted by molar-refractivity contribution is 5.85. The number of phenolic OH excluding ortho intramolecular Hbond substituents is 1. The lowest BCUT2D eigenvalue weighted by atomic mass is 9.82. The molecule has 2 aromatic rings. The Hall–Kier alpha value is -3.13. The molecule has 0 spiro atoms. The summed E-state index contributed by atoms with van der Waals surface area (Å²) in [6.07, 6.45) is 3.24. The molecule has 0 aliphatic carbocycles. The van der Waals surface area contributed by atoms with Gasteiger partial charge in [-0.05, 0) is 74.2 Å².